The summed E-state index contributed by atoms with van der Waals surface area (Å²) in [5.41, 5.74) is 1.68. The van der Waals surface area contributed by atoms with Gasteiger partial charge in [0.15, 0.2) is 5.03 Å². The van der Waals surface area contributed by atoms with E-state index < -0.39 is 5.60 Å². The van der Waals surface area contributed by atoms with Crippen molar-refractivity contribution in [1.29, 1.82) is 0 Å². The smallest absolute Gasteiger partial charge is 0.287 e. The SMILES string of the molecule is CC(C)(O)COc1ccc2cc(-n3ccnc(SCCc4ccccc4)c3=O)ccc2n1. The minimum Gasteiger partial charge on any atom is -0.475 e. The monoisotopic (exact) mass is 447 g/mol. The van der Waals surface area contributed by atoms with Crippen molar-refractivity contribution in [3.8, 4) is 11.6 Å². The highest BCUT2D eigenvalue weighted by Crippen LogP contribution is 2.21. The summed E-state index contributed by atoms with van der Waals surface area (Å²) in [6.45, 7) is 3.52. The molecule has 4 aromatic rings. The molecular weight excluding hydrogens is 422 g/mol. The molecule has 0 atom stereocenters. The Labute approximate surface area is 190 Å². The number of aryl methyl sites for hydroxylation is 1. The van der Waals surface area contributed by atoms with Crippen molar-refractivity contribution in [3.05, 3.63) is 89.0 Å². The van der Waals surface area contributed by atoms with E-state index in [2.05, 4.69) is 22.1 Å². The molecule has 0 fully saturated rings. The van der Waals surface area contributed by atoms with Crippen molar-refractivity contribution in [2.75, 3.05) is 12.4 Å². The average Bonchev–Trinajstić information content (AvgIpc) is 2.79. The Morgan fingerprint density at radius 3 is 2.69 bits per heavy atom. The molecule has 0 saturated carbocycles. The highest BCUT2D eigenvalue weighted by Gasteiger charge is 2.14. The van der Waals surface area contributed by atoms with Crippen LogP contribution in [-0.4, -0.2) is 37.6 Å². The fourth-order valence-corrected chi connectivity index (χ4v) is 4.07. The Morgan fingerprint density at radius 1 is 1.09 bits per heavy atom. The highest BCUT2D eigenvalue weighted by atomic mass is 32.2. The minimum atomic E-state index is -0.931. The summed E-state index contributed by atoms with van der Waals surface area (Å²) in [7, 11) is 0. The molecule has 0 saturated heterocycles. The molecule has 2 aromatic carbocycles. The number of aromatic nitrogens is 3. The molecular formula is C25H25N3O3S. The van der Waals surface area contributed by atoms with Gasteiger partial charge in [0, 0.05) is 35.3 Å². The molecule has 0 amide bonds. The molecule has 0 aliphatic rings. The van der Waals surface area contributed by atoms with Gasteiger partial charge in [-0.3, -0.25) is 9.36 Å². The number of hydrogen-bond acceptors (Lipinski definition) is 6. The zero-order valence-corrected chi connectivity index (χ0v) is 18.9. The van der Waals surface area contributed by atoms with E-state index in [0.717, 1.165) is 28.8 Å². The first-order valence-corrected chi connectivity index (χ1v) is 11.4. The number of benzene rings is 2. The lowest BCUT2D eigenvalue weighted by molar-refractivity contribution is 0.0269. The molecule has 4 rings (SSSR count). The van der Waals surface area contributed by atoms with Crippen LogP contribution < -0.4 is 10.3 Å². The van der Waals surface area contributed by atoms with E-state index in [-0.39, 0.29) is 12.2 Å². The van der Waals surface area contributed by atoms with Crippen LogP contribution in [0.2, 0.25) is 0 Å². The lowest BCUT2D eigenvalue weighted by Crippen LogP contribution is -2.28. The number of nitrogens with zero attached hydrogens (tertiary/aromatic N) is 3. The second kappa shape index (κ2) is 9.54. The Bertz CT molecular complexity index is 1270. The third-order valence-electron chi connectivity index (χ3n) is 4.78. The van der Waals surface area contributed by atoms with Crippen LogP contribution in [0.1, 0.15) is 19.4 Å². The largest absolute Gasteiger partial charge is 0.475 e. The van der Waals surface area contributed by atoms with Gasteiger partial charge in [0.1, 0.15) is 6.61 Å². The van der Waals surface area contributed by atoms with Crippen molar-refractivity contribution in [2.45, 2.75) is 30.9 Å². The topological polar surface area (TPSA) is 77.2 Å². The van der Waals surface area contributed by atoms with E-state index in [1.54, 1.807) is 36.9 Å². The van der Waals surface area contributed by atoms with Crippen molar-refractivity contribution in [1.82, 2.24) is 14.5 Å². The minimum absolute atomic E-state index is 0.136. The molecule has 0 spiro atoms. The van der Waals surface area contributed by atoms with Crippen LogP contribution in [0.4, 0.5) is 0 Å². The van der Waals surface area contributed by atoms with E-state index in [0.29, 0.717) is 10.9 Å². The van der Waals surface area contributed by atoms with Crippen molar-refractivity contribution in [3.63, 3.8) is 0 Å². The van der Waals surface area contributed by atoms with Crippen LogP contribution in [0.3, 0.4) is 0 Å². The van der Waals surface area contributed by atoms with Crippen molar-refractivity contribution in [2.24, 2.45) is 0 Å². The molecule has 32 heavy (non-hydrogen) atoms. The summed E-state index contributed by atoms with van der Waals surface area (Å²) in [6.07, 6.45) is 4.21. The van der Waals surface area contributed by atoms with Gasteiger partial charge in [-0.15, -0.1) is 11.8 Å². The Morgan fingerprint density at radius 2 is 1.91 bits per heavy atom. The fourth-order valence-electron chi connectivity index (χ4n) is 3.18. The molecule has 0 radical (unpaired) electrons. The molecule has 2 aromatic heterocycles. The van der Waals surface area contributed by atoms with Crippen molar-refractivity contribution < 1.29 is 9.84 Å². The quantitative estimate of drug-likeness (QED) is 0.407. The lowest BCUT2D eigenvalue weighted by atomic mass is 10.2. The number of pyridine rings is 1. The summed E-state index contributed by atoms with van der Waals surface area (Å²) >= 11 is 1.47. The maximum absolute atomic E-state index is 13.0. The summed E-state index contributed by atoms with van der Waals surface area (Å²) in [4.78, 5) is 21.8. The Balaban J connectivity index is 1.52. The van der Waals surface area contributed by atoms with Gasteiger partial charge < -0.3 is 9.84 Å². The fraction of sp³-hybridized carbons (Fsp3) is 0.240. The summed E-state index contributed by atoms with van der Waals surface area (Å²) in [6, 6.07) is 19.5. The highest BCUT2D eigenvalue weighted by molar-refractivity contribution is 7.99. The molecule has 1 N–H and O–H groups in total. The van der Waals surface area contributed by atoms with Crippen LogP contribution in [0.25, 0.3) is 16.6 Å². The first-order valence-electron chi connectivity index (χ1n) is 10.4. The van der Waals surface area contributed by atoms with Gasteiger partial charge >= 0.3 is 0 Å². The van der Waals surface area contributed by atoms with Gasteiger partial charge in [-0.05, 0) is 50.1 Å². The van der Waals surface area contributed by atoms with E-state index in [1.807, 2.05) is 42.5 Å². The van der Waals surface area contributed by atoms with E-state index in [9.17, 15) is 9.90 Å². The predicted molar refractivity (Wildman–Crippen MR) is 128 cm³/mol. The molecule has 164 valence electrons. The zero-order valence-electron chi connectivity index (χ0n) is 18.1. The third-order valence-corrected chi connectivity index (χ3v) is 5.74. The Kier molecular flexibility index (Phi) is 6.58. The average molecular weight is 448 g/mol. The summed E-state index contributed by atoms with van der Waals surface area (Å²) in [5, 5.41) is 11.2. The summed E-state index contributed by atoms with van der Waals surface area (Å²) in [5.74, 6) is 1.23. The Hall–Kier alpha value is -3.16. The molecule has 0 bridgehead atoms. The molecule has 6 nitrogen and oxygen atoms in total. The van der Waals surface area contributed by atoms with Crippen LogP contribution >= 0.6 is 11.8 Å². The van der Waals surface area contributed by atoms with E-state index in [4.69, 9.17) is 4.74 Å². The standard InChI is InChI=1S/C25H25N3O3S/c1-25(2,30)17-31-22-11-8-19-16-20(9-10-21(19)27-22)28-14-13-26-23(24(28)29)32-15-12-18-6-4-3-5-7-18/h3-11,13-14,16,30H,12,15,17H2,1-2H3. The lowest BCUT2D eigenvalue weighted by Gasteiger charge is -2.17. The van der Waals surface area contributed by atoms with Gasteiger partial charge in [0.05, 0.1) is 11.1 Å². The predicted octanol–water partition coefficient (Wildman–Crippen LogP) is 4.27. The molecule has 0 aliphatic carbocycles. The number of ether oxygens (including phenoxy) is 1. The van der Waals surface area contributed by atoms with Gasteiger partial charge in [-0.2, -0.15) is 0 Å². The maximum Gasteiger partial charge on any atom is 0.287 e. The second-order valence-electron chi connectivity index (χ2n) is 8.12. The van der Waals surface area contributed by atoms with Gasteiger partial charge in [-0.25, -0.2) is 9.97 Å². The number of aliphatic hydroxyl groups is 1. The first kappa shape index (κ1) is 22.0. The molecule has 0 unspecified atom stereocenters. The van der Waals surface area contributed by atoms with Gasteiger partial charge in [0.2, 0.25) is 5.88 Å². The second-order valence-corrected chi connectivity index (χ2v) is 9.20. The number of rotatable bonds is 8. The number of thioether (sulfide) groups is 1. The van der Waals surface area contributed by atoms with Gasteiger partial charge in [0.25, 0.3) is 5.56 Å². The first-order chi connectivity index (χ1) is 15.4. The van der Waals surface area contributed by atoms with Crippen LogP contribution in [-0.2, 0) is 6.42 Å². The summed E-state index contributed by atoms with van der Waals surface area (Å²) < 4.78 is 7.18. The molecule has 7 heteroatoms. The maximum atomic E-state index is 13.0. The third kappa shape index (κ3) is 5.55. The van der Waals surface area contributed by atoms with E-state index >= 15 is 0 Å². The normalized spacial score (nSPS) is 11.6. The molecule has 0 aliphatic heterocycles. The van der Waals surface area contributed by atoms with Crippen molar-refractivity contribution >= 4 is 22.7 Å². The molecule has 2 heterocycles. The number of fused-ring (bicyclic) bond motifs is 1. The van der Waals surface area contributed by atoms with Gasteiger partial charge in [-0.1, -0.05) is 30.3 Å². The van der Waals surface area contributed by atoms with Crippen LogP contribution in [0.5, 0.6) is 5.88 Å². The van der Waals surface area contributed by atoms with E-state index in [1.165, 1.54) is 17.3 Å². The van der Waals surface area contributed by atoms with Crippen LogP contribution in [0.15, 0.2) is 82.9 Å². The number of hydrogen-bond donors (Lipinski definition) is 1. The zero-order chi connectivity index (χ0) is 22.6. The van der Waals surface area contributed by atoms with Crippen LogP contribution in [0, 0.1) is 0 Å².